The van der Waals surface area contributed by atoms with Gasteiger partial charge in [-0.2, -0.15) is 0 Å². The summed E-state index contributed by atoms with van der Waals surface area (Å²) in [4.78, 5) is 2.51. The van der Waals surface area contributed by atoms with Gasteiger partial charge in [-0.05, 0) is 6.07 Å². The van der Waals surface area contributed by atoms with Crippen LogP contribution >= 0.6 is 12.6 Å². The first-order valence-corrected chi connectivity index (χ1v) is 2.21. The normalized spacial score (nSPS) is 9.29. The quantitative estimate of drug-likeness (QED) is 0.531. The van der Waals surface area contributed by atoms with E-state index in [-0.39, 0.29) is 10.8 Å². The number of hydrogen-bond acceptors (Lipinski definition) is 0. The summed E-state index contributed by atoms with van der Waals surface area (Å²) in [6.45, 7) is 0. The van der Waals surface area contributed by atoms with Gasteiger partial charge in [0.1, 0.15) is 5.03 Å². The van der Waals surface area contributed by atoms with Crippen LogP contribution in [0.1, 0.15) is 0 Å². The van der Waals surface area contributed by atoms with Crippen LogP contribution < -0.4 is 0 Å². The van der Waals surface area contributed by atoms with Crippen LogP contribution in [0, 0.1) is 5.82 Å². The van der Waals surface area contributed by atoms with Crippen LogP contribution in [0.5, 0.6) is 0 Å². The second-order valence-electron chi connectivity index (χ2n) is 1.15. The highest BCUT2D eigenvalue weighted by Gasteiger charge is 1.93. The molecule has 0 atom stereocenters. The van der Waals surface area contributed by atoms with Crippen LogP contribution in [-0.4, -0.2) is 4.98 Å². The van der Waals surface area contributed by atoms with Gasteiger partial charge in [0.25, 0.3) is 0 Å². The van der Waals surface area contributed by atoms with Crippen molar-refractivity contribution in [2.75, 3.05) is 0 Å². The predicted octanol–water partition coefficient (Wildman–Crippen LogP) is 1.71. The van der Waals surface area contributed by atoms with Crippen LogP contribution in [0.2, 0.25) is 0 Å². The second kappa shape index (κ2) is 1.50. The first kappa shape index (κ1) is 4.59. The van der Waals surface area contributed by atoms with E-state index in [2.05, 4.69) is 17.6 Å². The van der Waals surface area contributed by atoms with Crippen LogP contribution in [0.15, 0.2) is 17.3 Å². The van der Waals surface area contributed by atoms with E-state index in [1.54, 1.807) is 0 Å². The van der Waals surface area contributed by atoms with Crippen molar-refractivity contribution in [3.63, 3.8) is 0 Å². The highest BCUT2D eigenvalue weighted by Crippen LogP contribution is 2.06. The Morgan fingerprint density at radius 1 is 1.71 bits per heavy atom. The molecule has 1 rings (SSSR count). The Bertz CT molecular complexity index is 144. The topological polar surface area (TPSA) is 15.8 Å². The van der Waals surface area contributed by atoms with Gasteiger partial charge in [0.15, 0.2) is 5.82 Å². The molecule has 0 amide bonds. The zero-order valence-electron chi connectivity index (χ0n) is 3.44. The molecular formula is C4H3FNS. The highest BCUT2D eigenvalue weighted by molar-refractivity contribution is 7.80. The smallest absolute Gasteiger partial charge is 0.159 e. The summed E-state index contributed by atoms with van der Waals surface area (Å²) in [5, 5.41) is 0.181. The fourth-order valence-electron chi connectivity index (χ4n) is 0.335. The zero-order chi connectivity index (χ0) is 5.28. The molecule has 0 unspecified atom stereocenters. The van der Waals surface area contributed by atoms with Gasteiger partial charge in [0.2, 0.25) is 0 Å². The van der Waals surface area contributed by atoms with E-state index in [0.29, 0.717) is 0 Å². The van der Waals surface area contributed by atoms with Gasteiger partial charge in [-0.1, -0.05) is 12.6 Å². The lowest BCUT2D eigenvalue weighted by atomic mass is 10.6. The lowest BCUT2D eigenvalue weighted by molar-refractivity contribution is 0.602. The van der Waals surface area contributed by atoms with Crippen molar-refractivity contribution in [2.24, 2.45) is 0 Å². The van der Waals surface area contributed by atoms with Crippen LogP contribution in [0.4, 0.5) is 4.39 Å². The van der Waals surface area contributed by atoms with E-state index < -0.39 is 0 Å². The fraction of sp³-hybridized carbons (Fsp3) is 0. The number of aromatic nitrogens is 1. The SMILES string of the molecule is Fc1cc[nH]c1[S]. The van der Waals surface area contributed by atoms with Crippen molar-refractivity contribution in [3.05, 3.63) is 18.1 Å². The molecule has 0 fully saturated rings. The molecule has 1 heterocycles. The summed E-state index contributed by atoms with van der Waals surface area (Å²) in [5.74, 6) is -0.352. The fourth-order valence-corrected chi connectivity index (χ4v) is 0.471. The maximum atomic E-state index is 11.9. The van der Waals surface area contributed by atoms with E-state index >= 15 is 0 Å². The number of rotatable bonds is 0. The predicted molar refractivity (Wildman–Crippen MR) is 26.6 cm³/mol. The summed E-state index contributed by atoms with van der Waals surface area (Å²) in [6, 6.07) is 1.29. The Labute approximate surface area is 46.0 Å². The molecule has 1 nitrogen and oxygen atoms in total. The molecule has 0 aliphatic rings. The van der Waals surface area contributed by atoms with Crippen molar-refractivity contribution in [3.8, 4) is 0 Å². The molecule has 0 aromatic carbocycles. The Balaban J connectivity index is 3.12. The zero-order valence-corrected chi connectivity index (χ0v) is 4.26. The molecule has 0 saturated heterocycles. The molecule has 0 saturated carbocycles. The van der Waals surface area contributed by atoms with Crippen LogP contribution in [-0.2, 0) is 0 Å². The summed E-state index contributed by atoms with van der Waals surface area (Å²) in [5.41, 5.74) is 0. The maximum Gasteiger partial charge on any atom is 0.159 e. The monoisotopic (exact) mass is 116 g/mol. The Hall–Kier alpha value is -0.570. The van der Waals surface area contributed by atoms with Crippen molar-refractivity contribution in [1.29, 1.82) is 0 Å². The van der Waals surface area contributed by atoms with Gasteiger partial charge in [-0.25, -0.2) is 4.39 Å². The Morgan fingerprint density at radius 3 is 2.57 bits per heavy atom. The minimum absolute atomic E-state index is 0.181. The minimum Gasteiger partial charge on any atom is -0.350 e. The van der Waals surface area contributed by atoms with Gasteiger partial charge in [0, 0.05) is 6.20 Å². The molecular weight excluding hydrogens is 113 g/mol. The van der Waals surface area contributed by atoms with Crippen LogP contribution in [0.3, 0.4) is 0 Å². The number of aromatic amines is 1. The van der Waals surface area contributed by atoms with Gasteiger partial charge >= 0.3 is 0 Å². The molecule has 1 aromatic rings. The molecule has 1 radical (unpaired) electrons. The number of H-pyrrole nitrogens is 1. The lowest BCUT2D eigenvalue weighted by Crippen LogP contribution is -1.63. The third-order valence-corrected chi connectivity index (χ3v) is 0.974. The molecule has 1 aromatic heterocycles. The first-order chi connectivity index (χ1) is 3.30. The molecule has 37 valence electrons. The molecule has 0 aliphatic carbocycles. The van der Waals surface area contributed by atoms with E-state index in [1.807, 2.05) is 0 Å². The van der Waals surface area contributed by atoms with Gasteiger partial charge < -0.3 is 4.98 Å². The molecule has 0 bridgehead atoms. The Morgan fingerprint density at radius 2 is 2.43 bits per heavy atom. The molecule has 0 aliphatic heterocycles. The third-order valence-electron chi connectivity index (χ3n) is 0.661. The number of hydrogen-bond donors (Lipinski definition) is 1. The summed E-state index contributed by atoms with van der Waals surface area (Å²) in [7, 11) is 0. The first-order valence-electron chi connectivity index (χ1n) is 1.80. The summed E-state index contributed by atoms with van der Waals surface area (Å²) in [6.07, 6.45) is 1.47. The number of nitrogens with one attached hydrogen (secondary N) is 1. The van der Waals surface area contributed by atoms with Crippen LogP contribution in [0.25, 0.3) is 0 Å². The van der Waals surface area contributed by atoms with Crippen molar-refractivity contribution < 1.29 is 4.39 Å². The van der Waals surface area contributed by atoms with E-state index in [1.165, 1.54) is 12.3 Å². The summed E-state index contributed by atoms with van der Waals surface area (Å²) >= 11 is 4.46. The van der Waals surface area contributed by atoms with E-state index in [9.17, 15) is 4.39 Å². The van der Waals surface area contributed by atoms with Gasteiger partial charge in [-0.3, -0.25) is 0 Å². The second-order valence-corrected chi connectivity index (χ2v) is 1.56. The van der Waals surface area contributed by atoms with E-state index in [4.69, 9.17) is 0 Å². The standard InChI is InChI=1S/C4H3FNS/c5-3-1-2-6-4(3)7/h1-2,6H. The number of halogens is 1. The molecule has 3 heteroatoms. The van der Waals surface area contributed by atoms with E-state index in [0.717, 1.165) is 0 Å². The van der Waals surface area contributed by atoms with Crippen molar-refractivity contribution in [1.82, 2.24) is 4.98 Å². The average Bonchev–Trinajstić information content (AvgIpc) is 1.91. The van der Waals surface area contributed by atoms with Gasteiger partial charge in [-0.15, -0.1) is 0 Å². The van der Waals surface area contributed by atoms with Crippen molar-refractivity contribution >= 4 is 12.6 Å². The molecule has 1 N–H and O–H groups in total. The lowest BCUT2D eigenvalue weighted by Gasteiger charge is -1.73. The maximum absolute atomic E-state index is 11.9. The average molecular weight is 116 g/mol. The molecule has 0 spiro atoms. The highest BCUT2D eigenvalue weighted by atomic mass is 32.1. The van der Waals surface area contributed by atoms with Crippen molar-refractivity contribution in [2.45, 2.75) is 5.03 Å². The largest absolute Gasteiger partial charge is 0.350 e. The third kappa shape index (κ3) is 0.718. The van der Waals surface area contributed by atoms with Gasteiger partial charge in [0.05, 0.1) is 0 Å². The summed E-state index contributed by atoms with van der Waals surface area (Å²) < 4.78 is 11.9. The minimum atomic E-state index is -0.352. The molecule has 7 heavy (non-hydrogen) atoms. The Kier molecular flexibility index (Phi) is 0.982.